The van der Waals surface area contributed by atoms with E-state index in [1.165, 1.54) is 7.11 Å². The molecule has 5 nitrogen and oxygen atoms in total. The number of aromatic nitrogens is 1. The lowest BCUT2D eigenvalue weighted by Crippen LogP contribution is -2.41. The van der Waals surface area contributed by atoms with Gasteiger partial charge in [-0.2, -0.15) is 16.3 Å². The highest BCUT2D eigenvalue weighted by atomic mass is 32.1. The molecule has 3 rings (SSSR count). The number of nitrogens with zero attached hydrogens (tertiary/aromatic N) is 2. The first-order valence-electron chi connectivity index (χ1n) is 7.05. The predicted octanol–water partition coefficient (Wildman–Crippen LogP) is 2.75. The van der Waals surface area contributed by atoms with Gasteiger partial charge in [-0.1, -0.05) is 0 Å². The monoisotopic (exact) mass is 305 g/mol. The third kappa shape index (κ3) is 2.96. The highest BCUT2D eigenvalue weighted by molar-refractivity contribution is 7.08. The van der Waals surface area contributed by atoms with E-state index in [1.807, 2.05) is 6.07 Å². The molecule has 112 valence electrons. The molecule has 0 aromatic carbocycles. The van der Waals surface area contributed by atoms with Crippen molar-refractivity contribution in [3.05, 3.63) is 29.0 Å². The van der Waals surface area contributed by atoms with Crippen LogP contribution in [0.15, 0.2) is 29.0 Å². The third-order valence-corrected chi connectivity index (χ3v) is 4.42. The summed E-state index contributed by atoms with van der Waals surface area (Å²) in [6.45, 7) is 2.01. The van der Waals surface area contributed by atoms with Crippen LogP contribution in [0.4, 0.5) is 11.5 Å². The van der Waals surface area contributed by atoms with Crippen molar-refractivity contribution in [1.29, 1.82) is 0 Å². The fourth-order valence-corrected chi connectivity index (χ4v) is 3.34. The number of hydrogen-bond acceptors (Lipinski definition) is 6. The van der Waals surface area contributed by atoms with Gasteiger partial charge in [-0.15, -0.1) is 0 Å². The maximum atomic E-state index is 9.96. The second kappa shape index (κ2) is 6.32. The molecule has 1 fully saturated rings. The van der Waals surface area contributed by atoms with Gasteiger partial charge in [-0.05, 0) is 49.5 Å². The Kier molecular flexibility index (Phi) is 4.26. The van der Waals surface area contributed by atoms with Gasteiger partial charge in [0.25, 0.3) is 5.88 Å². The fourth-order valence-electron chi connectivity index (χ4n) is 2.71. The number of ether oxygens (including phenoxy) is 1. The number of thiophene rings is 1. The Balaban J connectivity index is 1.96. The van der Waals surface area contributed by atoms with Crippen LogP contribution >= 0.6 is 11.3 Å². The van der Waals surface area contributed by atoms with Crippen LogP contribution in [0.2, 0.25) is 0 Å². The fraction of sp³-hybridized carbons (Fsp3) is 0.400. The minimum Gasteiger partial charge on any atom is -0.491 e. The molecule has 0 bridgehead atoms. The maximum Gasteiger partial charge on any atom is 0.256 e. The van der Waals surface area contributed by atoms with Crippen molar-refractivity contribution >= 4 is 22.8 Å². The molecule has 6 heteroatoms. The Morgan fingerprint density at radius 3 is 2.76 bits per heavy atom. The summed E-state index contributed by atoms with van der Waals surface area (Å²) < 4.78 is 5.08. The second-order valence-corrected chi connectivity index (χ2v) is 5.81. The molecular weight excluding hydrogens is 286 g/mol. The first-order chi connectivity index (χ1) is 10.3. The molecule has 2 aromatic heterocycles. The van der Waals surface area contributed by atoms with E-state index in [4.69, 9.17) is 4.74 Å². The Labute approximate surface area is 128 Å². The molecule has 0 saturated carbocycles. The molecule has 1 saturated heterocycles. The van der Waals surface area contributed by atoms with E-state index < -0.39 is 0 Å². The van der Waals surface area contributed by atoms with Crippen LogP contribution in [0, 0.1) is 0 Å². The minimum atomic E-state index is -0.0656. The zero-order valence-electron chi connectivity index (χ0n) is 12.0. The number of anilines is 2. The number of aromatic hydroxyl groups is 1. The number of rotatable bonds is 4. The van der Waals surface area contributed by atoms with Crippen LogP contribution < -0.4 is 15.0 Å². The zero-order valence-corrected chi connectivity index (χ0v) is 12.8. The molecule has 21 heavy (non-hydrogen) atoms. The van der Waals surface area contributed by atoms with E-state index in [9.17, 15) is 5.11 Å². The summed E-state index contributed by atoms with van der Waals surface area (Å²) in [5.74, 6) is 1.09. The summed E-state index contributed by atoms with van der Waals surface area (Å²) in [6.07, 6.45) is 2.12. The smallest absolute Gasteiger partial charge is 0.256 e. The average molecular weight is 305 g/mol. The summed E-state index contributed by atoms with van der Waals surface area (Å²) in [7, 11) is 1.53. The minimum absolute atomic E-state index is 0.0656. The van der Waals surface area contributed by atoms with Crippen LogP contribution in [0.3, 0.4) is 0 Å². The van der Waals surface area contributed by atoms with E-state index in [-0.39, 0.29) is 5.88 Å². The summed E-state index contributed by atoms with van der Waals surface area (Å²) >= 11 is 1.67. The van der Waals surface area contributed by atoms with Crippen molar-refractivity contribution in [2.45, 2.75) is 18.9 Å². The molecule has 2 N–H and O–H groups in total. The summed E-state index contributed by atoms with van der Waals surface area (Å²) in [5.41, 5.74) is 1.13. The summed E-state index contributed by atoms with van der Waals surface area (Å²) in [5, 5.41) is 17.5. The van der Waals surface area contributed by atoms with Crippen molar-refractivity contribution < 1.29 is 9.84 Å². The number of pyridine rings is 1. The highest BCUT2D eigenvalue weighted by Gasteiger charge is 2.24. The molecule has 0 atom stereocenters. The number of methoxy groups -OCH3 is 1. The third-order valence-electron chi connectivity index (χ3n) is 3.75. The van der Waals surface area contributed by atoms with Crippen molar-refractivity contribution in [3.63, 3.8) is 0 Å². The quantitative estimate of drug-likeness (QED) is 0.909. The van der Waals surface area contributed by atoms with Crippen LogP contribution in [-0.4, -0.2) is 36.3 Å². The van der Waals surface area contributed by atoms with Gasteiger partial charge < -0.3 is 20.1 Å². The van der Waals surface area contributed by atoms with E-state index in [2.05, 4.69) is 32.0 Å². The van der Waals surface area contributed by atoms with Crippen LogP contribution in [0.25, 0.3) is 0 Å². The van der Waals surface area contributed by atoms with Crippen LogP contribution in [0.1, 0.15) is 12.8 Å². The molecular formula is C15H19N3O2S. The Morgan fingerprint density at radius 2 is 2.14 bits per heavy atom. The predicted molar refractivity (Wildman–Crippen MR) is 84.8 cm³/mol. The standard InChI is InChI=1S/C15H19N3O2S/c1-20-13-2-3-14(17-15(13)19)18(12-6-9-21-10-12)11-4-7-16-8-5-11/h2-3,6,9-11,16H,4-5,7-8H2,1H3,(H,17,19). The van der Waals surface area contributed by atoms with Gasteiger partial charge in [-0.3, -0.25) is 0 Å². The molecule has 3 heterocycles. The van der Waals surface area contributed by atoms with Gasteiger partial charge in [0, 0.05) is 11.4 Å². The van der Waals surface area contributed by atoms with Crippen molar-refractivity contribution in [1.82, 2.24) is 10.3 Å². The second-order valence-electron chi connectivity index (χ2n) is 5.03. The lowest BCUT2D eigenvalue weighted by Gasteiger charge is -2.35. The number of piperidine rings is 1. The van der Waals surface area contributed by atoms with Gasteiger partial charge in [0.05, 0.1) is 12.8 Å². The molecule has 0 unspecified atom stereocenters. The number of nitrogens with one attached hydrogen (secondary N) is 1. The highest BCUT2D eigenvalue weighted by Crippen LogP contribution is 2.34. The van der Waals surface area contributed by atoms with Crippen LogP contribution in [-0.2, 0) is 0 Å². The van der Waals surface area contributed by atoms with Crippen LogP contribution in [0.5, 0.6) is 11.6 Å². The van der Waals surface area contributed by atoms with Gasteiger partial charge in [0.2, 0.25) is 0 Å². The Hall–Kier alpha value is -1.79. The summed E-state index contributed by atoms with van der Waals surface area (Å²) in [4.78, 5) is 6.53. The molecule has 0 radical (unpaired) electrons. The van der Waals surface area contributed by atoms with E-state index in [0.29, 0.717) is 11.8 Å². The average Bonchev–Trinajstić information content (AvgIpc) is 3.03. The maximum absolute atomic E-state index is 9.96. The van der Waals surface area contributed by atoms with Gasteiger partial charge in [-0.25, -0.2) is 0 Å². The Bertz CT molecular complexity index is 583. The molecule has 0 spiro atoms. The molecule has 1 aliphatic heterocycles. The van der Waals surface area contributed by atoms with Crippen molar-refractivity contribution in [3.8, 4) is 11.6 Å². The zero-order chi connectivity index (χ0) is 14.7. The van der Waals surface area contributed by atoms with Gasteiger partial charge in [0.1, 0.15) is 5.82 Å². The lowest BCUT2D eigenvalue weighted by molar-refractivity contribution is 0.362. The largest absolute Gasteiger partial charge is 0.491 e. The van der Waals surface area contributed by atoms with Gasteiger partial charge >= 0.3 is 0 Å². The van der Waals surface area contributed by atoms with Gasteiger partial charge in [0.15, 0.2) is 5.75 Å². The first kappa shape index (κ1) is 14.2. The van der Waals surface area contributed by atoms with E-state index in [1.54, 1.807) is 17.4 Å². The molecule has 0 aliphatic carbocycles. The molecule has 0 amide bonds. The SMILES string of the molecule is COc1ccc(N(c2ccsc2)C2CCNCC2)nc1O. The van der Waals surface area contributed by atoms with Crippen molar-refractivity contribution in [2.75, 3.05) is 25.1 Å². The first-order valence-corrected chi connectivity index (χ1v) is 8.00. The summed E-state index contributed by atoms with van der Waals surface area (Å²) in [6, 6.07) is 6.15. The van der Waals surface area contributed by atoms with E-state index in [0.717, 1.165) is 37.4 Å². The number of hydrogen-bond donors (Lipinski definition) is 2. The normalized spacial score (nSPS) is 15.9. The van der Waals surface area contributed by atoms with Crippen molar-refractivity contribution in [2.24, 2.45) is 0 Å². The lowest BCUT2D eigenvalue weighted by atomic mass is 10.0. The topological polar surface area (TPSA) is 57.6 Å². The molecule has 1 aliphatic rings. The Morgan fingerprint density at radius 1 is 1.33 bits per heavy atom. The molecule has 2 aromatic rings. The van der Waals surface area contributed by atoms with E-state index >= 15 is 0 Å².